The highest BCUT2D eigenvalue weighted by Gasteiger charge is 2.17. The number of thiazole rings is 1. The number of nitrogens with one attached hydrogen (secondary N) is 2. The molecule has 0 fully saturated rings. The molecule has 0 aliphatic heterocycles. The molecule has 0 aliphatic rings. The molecule has 2 N–H and O–H groups in total. The maximum absolute atomic E-state index is 5.19. The van der Waals surface area contributed by atoms with Crippen LogP contribution in [0, 0.1) is 0 Å². The number of aliphatic imine (C=N–C) groups is 1. The van der Waals surface area contributed by atoms with Crippen molar-refractivity contribution in [3.63, 3.8) is 0 Å². The van der Waals surface area contributed by atoms with Crippen LogP contribution in [0.5, 0.6) is 5.75 Å². The lowest BCUT2D eigenvalue weighted by Gasteiger charge is -2.14. The highest BCUT2D eigenvalue weighted by molar-refractivity contribution is 7.09. The lowest BCUT2D eigenvalue weighted by Crippen LogP contribution is -2.38. The van der Waals surface area contributed by atoms with E-state index in [-0.39, 0.29) is 5.41 Å². The molecule has 1 aromatic carbocycles. The molecule has 142 valence electrons. The zero-order valence-corrected chi connectivity index (χ0v) is 17.2. The van der Waals surface area contributed by atoms with E-state index in [1.165, 1.54) is 5.56 Å². The summed E-state index contributed by atoms with van der Waals surface area (Å²) in [6.07, 6.45) is 0.930. The Kier molecular flexibility index (Phi) is 7.45. The molecule has 0 bridgehead atoms. The number of ether oxygens (including phenoxy) is 1. The van der Waals surface area contributed by atoms with Gasteiger partial charge in [-0.05, 0) is 31.0 Å². The number of guanidine groups is 1. The first kappa shape index (κ1) is 20.2. The van der Waals surface area contributed by atoms with Gasteiger partial charge in [-0.15, -0.1) is 11.3 Å². The van der Waals surface area contributed by atoms with Crippen molar-refractivity contribution >= 4 is 17.3 Å². The molecule has 26 heavy (non-hydrogen) atoms. The van der Waals surface area contributed by atoms with Crippen LogP contribution in [-0.2, 0) is 18.4 Å². The average Bonchev–Trinajstić information content (AvgIpc) is 3.10. The second-order valence-electron chi connectivity index (χ2n) is 7.10. The van der Waals surface area contributed by atoms with Crippen molar-refractivity contribution in [3.05, 3.63) is 45.9 Å². The van der Waals surface area contributed by atoms with E-state index in [1.54, 1.807) is 18.4 Å². The number of nitrogens with zero attached hydrogens (tertiary/aromatic N) is 2. The maximum Gasteiger partial charge on any atom is 0.191 e. The van der Waals surface area contributed by atoms with Crippen LogP contribution in [0.2, 0.25) is 0 Å². The van der Waals surface area contributed by atoms with Gasteiger partial charge in [0, 0.05) is 23.9 Å². The summed E-state index contributed by atoms with van der Waals surface area (Å²) in [5.41, 5.74) is 2.48. The fourth-order valence-corrected chi connectivity index (χ4v) is 3.28. The van der Waals surface area contributed by atoms with Crippen molar-refractivity contribution < 1.29 is 4.74 Å². The molecule has 1 aromatic heterocycles. The molecule has 6 heteroatoms. The summed E-state index contributed by atoms with van der Waals surface area (Å²) in [6.45, 7) is 10.9. The number of hydrogen-bond donors (Lipinski definition) is 2. The summed E-state index contributed by atoms with van der Waals surface area (Å²) >= 11 is 1.68. The van der Waals surface area contributed by atoms with E-state index in [0.29, 0.717) is 6.54 Å². The molecule has 0 atom stereocenters. The molecule has 0 amide bonds. The molecule has 0 aliphatic carbocycles. The number of benzene rings is 1. The Bertz CT molecular complexity index is 701. The van der Waals surface area contributed by atoms with Crippen molar-refractivity contribution in [1.29, 1.82) is 0 Å². The predicted molar refractivity (Wildman–Crippen MR) is 110 cm³/mol. The van der Waals surface area contributed by atoms with Crippen LogP contribution in [0.4, 0.5) is 0 Å². The molecule has 0 saturated carbocycles. The number of methoxy groups -OCH3 is 1. The van der Waals surface area contributed by atoms with Crippen molar-refractivity contribution in [2.45, 2.75) is 46.1 Å². The minimum absolute atomic E-state index is 0.0829. The molecular weight excluding hydrogens is 344 g/mol. The van der Waals surface area contributed by atoms with Gasteiger partial charge < -0.3 is 15.4 Å². The van der Waals surface area contributed by atoms with E-state index in [1.807, 2.05) is 12.1 Å². The van der Waals surface area contributed by atoms with Crippen molar-refractivity contribution in [1.82, 2.24) is 15.6 Å². The van der Waals surface area contributed by atoms with Crippen LogP contribution in [0.15, 0.2) is 34.6 Å². The van der Waals surface area contributed by atoms with Crippen LogP contribution in [0.25, 0.3) is 0 Å². The molecule has 0 saturated heterocycles. The lowest BCUT2D eigenvalue weighted by atomic mass is 9.93. The highest BCUT2D eigenvalue weighted by atomic mass is 32.1. The maximum atomic E-state index is 5.19. The summed E-state index contributed by atoms with van der Waals surface area (Å²) in [6, 6.07) is 8.16. The molecule has 0 unspecified atom stereocenters. The van der Waals surface area contributed by atoms with Crippen molar-refractivity contribution in [2.75, 3.05) is 20.2 Å². The Morgan fingerprint density at radius 2 is 1.92 bits per heavy atom. The fraction of sp³-hybridized carbons (Fsp3) is 0.500. The number of aromatic nitrogens is 1. The topological polar surface area (TPSA) is 58.5 Å². The second kappa shape index (κ2) is 9.57. The normalized spacial score (nSPS) is 12.1. The van der Waals surface area contributed by atoms with E-state index in [2.05, 4.69) is 60.8 Å². The Balaban J connectivity index is 1.88. The van der Waals surface area contributed by atoms with Crippen LogP contribution >= 0.6 is 11.3 Å². The van der Waals surface area contributed by atoms with Gasteiger partial charge in [0.2, 0.25) is 0 Å². The summed E-state index contributed by atoms with van der Waals surface area (Å²) in [5.74, 6) is 1.71. The van der Waals surface area contributed by atoms with Crippen molar-refractivity contribution in [3.8, 4) is 5.75 Å². The van der Waals surface area contributed by atoms with E-state index >= 15 is 0 Å². The van der Waals surface area contributed by atoms with Crippen molar-refractivity contribution in [2.24, 2.45) is 4.99 Å². The molecule has 0 radical (unpaired) electrons. The van der Waals surface area contributed by atoms with Gasteiger partial charge in [-0.25, -0.2) is 9.98 Å². The zero-order chi connectivity index (χ0) is 19.0. The Morgan fingerprint density at radius 3 is 2.50 bits per heavy atom. The molecular formula is C20H30N4OS. The molecule has 0 spiro atoms. The van der Waals surface area contributed by atoms with Crippen LogP contribution in [-0.4, -0.2) is 31.1 Å². The van der Waals surface area contributed by atoms with Crippen LogP contribution in [0.3, 0.4) is 0 Å². The van der Waals surface area contributed by atoms with Gasteiger partial charge in [-0.1, -0.05) is 32.9 Å². The first-order valence-corrected chi connectivity index (χ1v) is 9.90. The fourth-order valence-electron chi connectivity index (χ4n) is 2.33. The van der Waals surface area contributed by atoms with Gasteiger partial charge in [-0.3, -0.25) is 0 Å². The third-order valence-corrected chi connectivity index (χ3v) is 4.74. The van der Waals surface area contributed by atoms with Gasteiger partial charge in [-0.2, -0.15) is 0 Å². The SMILES string of the molecule is CCNC(=NCc1nc(C(C)(C)C)cs1)NCCc1ccc(OC)cc1. The van der Waals surface area contributed by atoms with Gasteiger partial charge >= 0.3 is 0 Å². The van der Waals surface area contributed by atoms with E-state index in [4.69, 9.17) is 9.72 Å². The third kappa shape index (κ3) is 6.33. The van der Waals surface area contributed by atoms with Crippen LogP contribution in [0.1, 0.15) is 44.0 Å². The number of rotatable bonds is 7. The van der Waals surface area contributed by atoms with Gasteiger partial charge in [0.15, 0.2) is 5.96 Å². The van der Waals surface area contributed by atoms with Gasteiger partial charge in [0.25, 0.3) is 0 Å². The first-order chi connectivity index (χ1) is 12.4. The van der Waals surface area contributed by atoms with E-state index in [9.17, 15) is 0 Å². The summed E-state index contributed by atoms with van der Waals surface area (Å²) in [7, 11) is 1.68. The standard InChI is InChI=1S/C20H30N4OS/c1-6-21-19(22-12-11-15-7-9-16(25-5)10-8-15)23-13-18-24-17(14-26-18)20(2,3)4/h7-10,14H,6,11-13H2,1-5H3,(H2,21,22,23). The lowest BCUT2D eigenvalue weighted by molar-refractivity contribution is 0.414. The molecule has 2 aromatic rings. The third-order valence-electron chi connectivity index (χ3n) is 3.90. The molecule has 5 nitrogen and oxygen atoms in total. The second-order valence-corrected chi connectivity index (χ2v) is 8.04. The smallest absolute Gasteiger partial charge is 0.191 e. The molecule has 1 heterocycles. The first-order valence-electron chi connectivity index (χ1n) is 9.02. The van der Waals surface area contributed by atoms with E-state index in [0.717, 1.165) is 41.9 Å². The van der Waals surface area contributed by atoms with Gasteiger partial charge in [0.1, 0.15) is 10.8 Å². The molecule has 2 rings (SSSR count). The average molecular weight is 375 g/mol. The Morgan fingerprint density at radius 1 is 1.19 bits per heavy atom. The minimum Gasteiger partial charge on any atom is -0.497 e. The zero-order valence-electron chi connectivity index (χ0n) is 16.4. The van der Waals surface area contributed by atoms with Crippen LogP contribution < -0.4 is 15.4 Å². The monoisotopic (exact) mass is 374 g/mol. The minimum atomic E-state index is 0.0829. The quantitative estimate of drug-likeness (QED) is 0.572. The van der Waals surface area contributed by atoms with E-state index < -0.39 is 0 Å². The number of hydrogen-bond acceptors (Lipinski definition) is 4. The predicted octanol–water partition coefficient (Wildman–Crippen LogP) is 3.75. The largest absolute Gasteiger partial charge is 0.497 e. The Hall–Kier alpha value is -2.08. The highest BCUT2D eigenvalue weighted by Crippen LogP contribution is 2.24. The van der Waals surface area contributed by atoms with Gasteiger partial charge in [0.05, 0.1) is 19.3 Å². The summed E-state index contributed by atoms with van der Waals surface area (Å²) in [5, 5.41) is 9.86. The summed E-state index contributed by atoms with van der Waals surface area (Å²) < 4.78 is 5.19. The Labute approximate surface area is 160 Å². The summed E-state index contributed by atoms with van der Waals surface area (Å²) in [4.78, 5) is 9.36.